The number of hydrogen-bond donors (Lipinski definition) is 1. The van der Waals surface area contributed by atoms with E-state index in [-0.39, 0.29) is 0 Å². The zero-order chi connectivity index (χ0) is 13.6. The lowest BCUT2D eigenvalue weighted by Crippen LogP contribution is -1.97. The van der Waals surface area contributed by atoms with Crippen LogP contribution < -0.4 is 0 Å². The van der Waals surface area contributed by atoms with Gasteiger partial charge >= 0.3 is 0 Å². The Morgan fingerprint density at radius 1 is 1.26 bits per heavy atom. The number of aromatic nitrogens is 2. The van der Waals surface area contributed by atoms with Crippen molar-refractivity contribution in [2.45, 2.75) is 6.92 Å². The molecule has 1 N–H and O–H groups in total. The van der Waals surface area contributed by atoms with E-state index in [1.807, 2.05) is 34.9 Å². The summed E-state index contributed by atoms with van der Waals surface area (Å²) >= 11 is 15.0. The molecule has 0 unspecified atom stereocenters. The minimum atomic E-state index is 0.665. The molecule has 3 aromatic rings. The maximum atomic E-state index is 6.01. The van der Waals surface area contributed by atoms with Crippen molar-refractivity contribution in [2.24, 2.45) is 0 Å². The van der Waals surface area contributed by atoms with Gasteiger partial charge in [-0.1, -0.05) is 33.6 Å². The molecule has 5 heteroatoms. The number of nitrogens with one attached hydrogen (secondary N) is 1. The summed E-state index contributed by atoms with van der Waals surface area (Å²) in [6.07, 6.45) is 0. The van der Waals surface area contributed by atoms with Gasteiger partial charge < -0.3 is 4.98 Å². The van der Waals surface area contributed by atoms with Crippen LogP contribution in [-0.2, 0) is 0 Å². The molecular formula is C14H10BrClN2S. The van der Waals surface area contributed by atoms with E-state index in [1.54, 1.807) is 0 Å². The zero-order valence-electron chi connectivity index (χ0n) is 10.1. The quantitative estimate of drug-likeness (QED) is 0.580. The first-order chi connectivity index (χ1) is 9.08. The summed E-state index contributed by atoms with van der Waals surface area (Å²) in [7, 11) is 0. The van der Waals surface area contributed by atoms with Crippen LogP contribution in [0.5, 0.6) is 0 Å². The van der Waals surface area contributed by atoms with Crippen LogP contribution in [0.2, 0.25) is 5.02 Å². The van der Waals surface area contributed by atoms with Crippen molar-refractivity contribution >= 4 is 50.8 Å². The van der Waals surface area contributed by atoms with E-state index in [0.29, 0.717) is 9.79 Å². The van der Waals surface area contributed by atoms with E-state index in [9.17, 15) is 0 Å². The van der Waals surface area contributed by atoms with Crippen LogP contribution in [0.25, 0.3) is 16.7 Å². The fraction of sp³-hybridized carbons (Fsp3) is 0.0714. The highest BCUT2D eigenvalue weighted by molar-refractivity contribution is 9.10. The molecule has 0 spiro atoms. The van der Waals surface area contributed by atoms with Crippen molar-refractivity contribution in [3.05, 3.63) is 56.2 Å². The Balaban J connectivity index is 2.40. The number of rotatable bonds is 1. The van der Waals surface area contributed by atoms with Gasteiger partial charge in [0.05, 0.1) is 16.7 Å². The number of halogens is 2. The Hall–Kier alpha value is -1.10. The van der Waals surface area contributed by atoms with Crippen LogP contribution in [0, 0.1) is 11.7 Å². The van der Waals surface area contributed by atoms with Gasteiger partial charge in [0.1, 0.15) is 0 Å². The molecule has 2 aromatic carbocycles. The van der Waals surface area contributed by atoms with Crippen LogP contribution in [0.4, 0.5) is 0 Å². The molecule has 0 bridgehead atoms. The molecule has 2 nitrogen and oxygen atoms in total. The van der Waals surface area contributed by atoms with Crippen molar-refractivity contribution in [3.63, 3.8) is 0 Å². The molecule has 0 radical (unpaired) electrons. The van der Waals surface area contributed by atoms with Crippen LogP contribution >= 0.6 is 39.7 Å². The molecule has 1 aromatic heterocycles. The standard InChI is InChI=1S/C14H10BrClN2S/c1-8-10(15)3-2-4-12(8)18-13-6-5-9(16)7-11(13)17-14(18)19/h2-7H,1H3,(H,17,19). The fourth-order valence-corrected chi connectivity index (χ4v) is 3.00. The predicted molar refractivity (Wildman–Crippen MR) is 85.9 cm³/mol. The van der Waals surface area contributed by atoms with Crippen molar-refractivity contribution in [3.8, 4) is 5.69 Å². The average molecular weight is 354 g/mol. The van der Waals surface area contributed by atoms with Gasteiger partial charge in [0, 0.05) is 9.50 Å². The lowest BCUT2D eigenvalue weighted by atomic mass is 10.2. The SMILES string of the molecule is Cc1c(Br)cccc1-n1c(=S)[nH]c2cc(Cl)ccc21. The van der Waals surface area contributed by atoms with Crippen molar-refractivity contribution in [1.29, 1.82) is 0 Å². The molecule has 19 heavy (non-hydrogen) atoms. The number of hydrogen-bond acceptors (Lipinski definition) is 1. The number of imidazole rings is 1. The molecule has 0 aliphatic carbocycles. The molecule has 96 valence electrons. The summed E-state index contributed by atoms with van der Waals surface area (Å²) in [6.45, 7) is 2.07. The van der Waals surface area contributed by atoms with E-state index in [2.05, 4.69) is 33.9 Å². The summed E-state index contributed by atoms with van der Waals surface area (Å²) in [5, 5.41) is 0.696. The van der Waals surface area contributed by atoms with Gasteiger partial charge in [-0.05, 0) is 55.0 Å². The molecule has 0 atom stereocenters. The van der Waals surface area contributed by atoms with Crippen LogP contribution in [-0.4, -0.2) is 9.55 Å². The van der Waals surface area contributed by atoms with Gasteiger partial charge in [-0.15, -0.1) is 0 Å². The third kappa shape index (κ3) is 2.14. The summed E-state index contributed by atoms with van der Waals surface area (Å²) in [5.74, 6) is 0. The topological polar surface area (TPSA) is 20.7 Å². The Morgan fingerprint density at radius 2 is 2.05 bits per heavy atom. The normalized spacial score (nSPS) is 11.1. The minimum absolute atomic E-state index is 0.665. The third-order valence-electron chi connectivity index (χ3n) is 3.12. The maximum absolute atomic E-state index is 6.01. The van der Waals surface area contributed by atoms with E-state index in [0.717, 1.165) is 26.8 Å². The maximum Gasteiger partial charge on any atom is 0.182 e. The van der Waals surface area contributed by atoms with E-state index < -0.39 is 0 Å². The molecule has 0 fully saturated rings. The largest absolute Gasteiger partial charge is 0.330 e. The Labute approximate surface area is 129 Å². The molecule has 0 aliphatic rings. The Kier molecular flexibility index (Phi) is 3.25. The number of aromatic amines is 1. The average Bonchev–Trinajstić information content (AvgIpc) is 2.68. The lowest BCUT2D eigenvalue weighted by Gasteiger charge is -2.09. The predicted octanol–water partition coefficient (Wildman–Crippen LogP) is 5.41. The van der Waals surface area contributed by atoms with Crippen LogP contribution in [0.1, 0.15) is 5.56 Å². The van der Waals surface area contributed by atoms with Gasteiger partial charge in [-0.2, -0.15) is 0 Å². The summed E-state index contributed by atoms with van der Waals surface area (Å²) in [4.78, 5) is 3.19. The zero-order valence-corrected chi connectivity index (χ0v) is 13.2. The first-order valence-corrected chi connectivity index (χ1v) is 7.31. The van der Waals surface area contributed by atoms with Gasteiger partial charge in [-0.25, -0.2) is 0 Å². The Morgan fingerprint density at radius 3 is 2.84 bits per heavy atom. The van der Waals surface area contributed by atoms with Gasteiger partial charge in [0.15, 0.2) is 4.77 Å². The molecule has 0 aliphatic heterocycles. The minimum Gasteiger partial charge on any atom is -0.330 e. The second kappa shape index (κ2) is 4.78. The summed E-state index contributed by atoms with van der Waals surface area (Å²) in [6, 6.07) is 11.8. The second-order valence-electron chi connectivity index (χ2n) is 4.31. The molecule has 1 heterocycles. The van der Waals surface area contributed by atoms with Crippen molar-refractivity contribution < 1.29 is 0 Å². The Bertz CT molecular complexity index is 835. The number of nitrogens with zero attached hydrogens (tertiary/aromatic N) is 1. The highest BCUT2D eigenvalue weighted by atomic mass is 79.9. The lowest BCUT2D eigenvalue weighted by molar-refractivity contribution is 1.05. The van der Waals surface area contributed by atoms with E-state index in [4.69, 9.17) is 23.8 Å². The van der Waals surface area contributed by atoms with Crippen LogP contribution in [0.15, 0.2) is 40.9 Å². The van der Waals surface area contributed by atoms with Gasteiger partial charge in [-0.3, -0.25) is 4.57 Å². The number of benzene rings is 2. The highest BCUT2D eigenvalue weighted by Gasteiger charge is 2.10. The van der Waals surface area contributed by atoms with Gasteiger partial charge in [0.25, 0.3) is 0 Å². The van der Waals surface area contributed by atoms with Crippen LogP contribution in [0.3, 0.4) is 0 Å². The highest BCUT2D eigenvalue weighted by Crippen LogP contribution is 2.27. The van der Waals surface area contributed by atoms with Gasteiger partial charge in [0.2, 0.25) is 0 Å². The molecular weight excluding hydrogens is 344 g/mol. The monoisotopic (exact) mass is 352 g/mol. The second-order valence-corrected chi connectivity index (χ2v) is 5.99. The summed E-state index contributed by atoms with van der Waals surface area (Å²) in [5.41, 5.74) is 4.18. The molecule has 0 saturated carbocycles. The number of H-pyrrole nitrogens is 1. The number of fused-ring (bicyclic) bond motifs is 1. The van der Waals surface area contributed by atoms with E-state index >= 15 is 0 Å². The molecule has 0 saturated heterocycles. The third-order valence-corrected chi connectivity index (χ3v) is 4.50. The first-order valence-electron chi connectivity index (χ1n) is 5.73. The van der Waals surface area contributed by atoms with Crippen molar-refractivity contribution in [1.82, 2.24) is 9.55 Å². The first kappa shape index (κ1) is 12.9. The fourth-order valence-electron chi connectivity index (χ4n) is 2.16. The molecule has 3 rings (SSSR count). The smallest absolute Gasteiger partial charge is 0.182 e. The summed E-state index contributed by atoms with van der Waals surface area (Å²) < 4.78 is 3.76. The van der Waals surface area contributed by atoms with E-state index in [1.165, 1.54) is 0 Å². The molecule has 0 amide bonds. The van der Waals surface area contributed by atoms with Crippen molar-refractivity contribution in [2.75, 3.05) is 0 Å².